The lowest BCUT2D eigenvalue weighted by Crippen LogP contribution is -2.52. The molecule has 2 aromatic rings. The standard InChI is InChI=1S/C32H40F2N6O7/c1-3-4-14-46-31(45)39-12-10-38(11-13-39)27(41)18-35-29(43)23-16-25(21-8-7-20(2)15-22(21)36-23)47-19-28(42)40-9-5-6-24(40)30(44)37-26-17-32(26,33)34/h7-8,15-16,24,26H,3-6,9-14,17-19H2,1-2H3,(H,35,43)(H,37,44)/t24?,26-/m0/s1. The van der Waals surface area contributed by atoms with Crippen molar-refractivity contribution in [2.45, 2.75) is 64.0 Å². The predicted molar refractivity (Wildman–Crippen MR) is 165 cm³/mol. The van der Waals surface area contributed by atoms with Crippen molar-refractivity contribution >= 4 is 40.6 Å². The smallest absolute Gasteiger partial charge is 0.409 e. The highest BCUT2D eigenvalue weighted by Crippen LogP contribution is 2.41. The molecule has 13 nitrogen and oxygen atoms in total. The van der Waals surface area contributed by atoms with Gasteiger partial charge in [0.05, 0.1) is 24.7 Å². The van der Waals surface area contributed by atoms with Crippen molar-refractivity contribution < 1.29 is 42.2 Å². The molecule has 2 saturated heterocycles. The Labute approximate surface area is 270 Å². The van der Waals surface area contributed by atoms with E-state index in [0.717, 1.165) is 18.4 Å². The van der Waals surface area contributed by atoms with Crippen LogP contribution in [0.15, 0.2) is 24.3 Å². The second kappa shape index (κ2) is 14.5. The van der Waals surface area contributed by atoms with Gasteiger partial charge in [-0.15, -0.1) is 0 Å². The number of pyridine rings is 1. The monoisotopic (exact) mass is 658 g/mol. The van der Waals surface area contributed by atoms with Crippen molar-refractivity contribution in [3.05, 3.63) is 35.5 Å². The maximum absolute atomic E-state index is 13.3. The van der Waals surface area contributed by atoms with E-state index in [9.17, 15) is 32.8 Å². The van der Waals surface area contributed by atoms with Gasteiger partial charge >= 0.3 is 6.09 Å². The lowest BCUT2D eigenvalue weighted by molar-refractivity contribution is -0.140. The van der Waals surface area contributed by atoms with Gasteiger partial charge < -0.3 is 34.8 Å². The van der Waals surface area contributed by atoms with E-state index < -0.39 is 54.8 Å². The molecule has 5 rings (SSSR count). The molecule has 2 atom stereocenters. The zero-order valence-electron chi connectivity index (χ0n) is 26.6. The minimum Gasteiger partial charge on any atom is -0.483 e. The van der Waals surface area contributed by atoms with Crippen LogP contribution in [0.2, 0.25) is 0 Å². The summed E-state index contributed by atoms with van der Waals surface area (Å²) in [6.45, 7) is 5.05. The molecule has 1 unspecified atom stereocenters. The van der Waals surface area contributed by atoms with E-state index in [0.29, 0.717) is 56.5 Å². The number of halogens is 2. The maximum atomic E-state index is 13.3. The van der Waals surface area contributed by atoms with Crippen LogP contribution in [-0.2, 0) is 19.1 Å². The number of hydrogen-bond donors (Lipinski definition) is 2. The minimum atomic E-state index is -2.91. The first kappa shape index (κ1) is 33.8. The quantitative estimate of drug-likeness (QED) is 0.349. The number of aryl methyl sites for hydroxylation is 1. The van der Waals surface area contributed by atoms with E-state index in [4.69, 9.17) is 9.47 Å². The molecule has 1 aliphatic carbocycles. The number of ether oxygens (including phenoxy) is 2. The topological polar surface area (TPSA) is 150 Å². The molecule has 0 bridgehead atoms. The Balaban J connectivity index is 1.18. The molecule has 0 radical (unpaired) electrons. The number of aromatic nitrogens is 1. The number of carbonyl (C=O) groups excluding carboxylic acids is 5. The fourth-order valence-electron chi connectivity index (χ4n) is 5.63. The first-order valence-corrected chi connectivity index (χ1v) is 16.0. The van der Waals surface area contributed by atoms with Gasteiger partial charge in [-0.05, 0) is 43.9 Å². The van der Waals surface area contributed by atoms with Crippen LogP contribution in [0.3, 0.4) is 0 Å². The second-order valence-corrected chi connectivity index (χ2v) is 12.1. The number of piperazine rings is 1. The number of fused-ring (bicyclic) bond motifs is 1. The van der Waals surface area contributed by atoms with Crippen LogP contribution < -0.4 is 15.4 Å². The van der Waals surface area contributed by atoms with Gasteiger partial charge in [0.2, 0.25) is 11.8 Å². The van der Waals surface area contributed by atoms with E-state index in [1.807, 2.05) is 19.9 Å². The Morgan fingerprint density at radius 3 is 2.45 bits per heavy atom. The average Bonchev–Trinajstić information content (AvgIpc) is 3.40. The van der Waals surface area contributed by atoms with Crippen molar-refractivity contribution in [1.82, 2.24) is 30.3 Å². The number of rotatable bonds is 11. The molecule has 254 valence electrons. The first-order valence-electron chi connectivity index (χ1n) is 16.0. The van der Waals surface area contributed by atoms with Gasteiger partial charge in [-0.25, -0.2) is 18.6 Å². The van der Waals surface area contributed by atoms with Crippen molar-refractivity contribution in [1.29, 1.82) is 0 Å². The van der Waals surface area contributed by atoms with E-state index in [1.54, 1.807) is 21.9 Å². The van der Waals surface area contributed by atoms with Crippen LogP contribution in [0.4, 0.5) is 13.6 Å². The van der Waals surface area contributed by atoms with E-state index >= 15 is 0 Å². The largest absolute Gasteiger partial charge is 0.483 e. The summed E-state index contributed by atoms with van der Waals surface area (Å²) in [7, 11) is 0. The van der Waals surface area contributed by atoms with Gasteiger partial charge in [0, 0.05) is 50.6 Å². The van der Waals surface area contributed by atoms with E-state index in [2.05, 4.69) is 15.6 Å². The number of hydrogen-bond acceptors (Lipinski definition) is 8. The van der Waals surface area contributed by atoms with Crippen molar-refractivity contribution in [3.8, 4) is 5.75 Å². The number of likely N-dealkylation sites (tertiary alicyclic amines) is 1. The van der Waals surface area contributed by atoms with Gasteiger partial charge in [0.25, 0.3) is 17.7 Å². The van der Waals surface area contributed by atoms with Gasteiger partial charge in [0.15, 0.2) is 6.61 Å². The third kappa shape index (κ3) is 8.24. The van der Waals surface area contributed by atoms with Gasteiger partial charge in [-0.1, -0.05) is 19.4 Å². The third-order valence-corrected chi connectivity index (χ3v) is 8.54. The van der Waals surface area contributed by atoms with Crippen LogP contribution in [0, 0.1) is 6.92 Å². The molecule has 3 aliphatic rings. The number of alkyl halides is 2. The zero-order chi connectivity index (χ0) is 33.7. The normalized spacial score (nSPS) is 20.1. The van der Waals surface area contributed by atoms with Crippen molar-refractivity contribution in [2.75, 3.05) is 52.5 Å². The number of benzene rings is 1. The van der Waals surface area contributed by atoms with Crippen LogP contribution in [0.25, 0.3) is 10.9 Å². The molecular weight excluding hydrogens is 618 g/mol. The Bertz CT molecular complexity index is 1530. The molecule has 0 spiro atoms. The number of amides is 5. The summed E-state index contributed by atoms with van der Waals surface area (Å²) in [6.07, 6.45) is 1.80. The lowest BCUT2D eigenvalue weighted by atomic mass is 10.1. The molecule has 1 aromatic heterocycles. The van der Waals surface area contributed by atoms with Gasteiger partial charge in [-0.2, -0.15) is 0 Å². The second-order valence-electron chi connectivity index (χ2n) is 12.1. The highest BCUT2D eigenvalue weighted by atomic mass is 19.3. The Morgan fingerprint density at radius 1 is 1.02 bits per heavy atom. The summed E-state index contributed by atoms with van der Waals surface area (Å²) in [4.78, 5) is 72.8. The lowest BCUT2D eigenvalue weighted by Gasteiger charge is -2.34. The molecule has 15 heteroatoms. The van der Waals surface area contributed by atoms with Crippen molar-refractivity contribution in [2.24, 2.45) is 0 Å². The third-order valence-electron chi connectivity index (χ3n) is 8.54. The van der Waals surface area contributed by atoms with E-state index in [1.165, 1.54) is 11.0 Å². The average molecular weight is 659 g/mol. The fourth-order valence-corrected chi connectivity index (χ4v) is 5.63. The van der Waals surface area contributed by atoms with Crippen LogP contribution in [-0.4, -0.2) is 120 Å². The molecule has 1 aromatic carbocycles. The molecule has 5 amide bonds. The molecule has 47 heavy (non-hydrogen) atoms. The molecule has 3 fully saturated rings. The Kier molecular flexibility index (Phi) is 10.4. The minimum absolute atomic E-state index is 0.0261. The fraction of sp³-hybridized carbons (Fsp3) is 0.562. The SMILES string of the molecule is CCCCOC(=O)N1CCN(C(=O)CNC(=O)c2cc(OCC(=O)N3CCCC3C(=O)N[C@H]3CC3(F)F)c3ccc(C)cc3n2)CC1. The summed E-state index contributed by atoms with van der Waals surface area (Å²) < 4.78 is 37.7. The number of carbonyl (C=O) groups is 5. The first-order chi connectivity index (χ1) is 22.5. The van der Waals surface area contributed by atoms with Crippen LogP contribution in [0.1, 0.15) is 55.1 Å². The molecule has 3 heterocycles. The van der Waals surface area contributed by atoms with Gasteiger partial charge in [0.1, 0.15) is 17.5 Å². The molecule has 2 N–H and O–H groups in total. The summed E-state index contributed by atoms with van der Waals surface area (Å²) in [5.74, 6) is -4.74. The number of unbranched alkanes of at least 4 members (excludes halogenated alkanes) is 1. The molecule has 2 aliphatic heterocycles. The predicted octanol–water partition coefficient (Wildman–Crippen LogP) is 2.25. The van der Waals surface area contributed by atoms with Crippen LogP contribution in [0.5, 0.6) is 5.75 Å². The highest BCUT2D eigenvalue weighted by molar-refractivity contribution is 5.99. The summed E-state index contributed by atoms with van der Waals surface area (Å²) in [5.41, 5.74) is 1.29. The number of nitrogens with one attached hydrogen (secondary N) is 2. The highest BCUT2D eigenvalue weighted by Gasteiger charge is 2.58. The number of nitrogens with zero attached hydrogens (tertiary/aromatic N) is 4. The molecule has 1 saturated carbocycles. The Hall–Kier alpha value is -4.56. The summed E-state index contributed by atoms with van der Waals surface area (Å²) in [5, 5.41) is 5.47. The summed E-state index contributed by atoms with van der Waals surface area (Å²) in [6, 6.07) is 4.66. The molecular formula is C32H40F2N6O7. The summed E-state index contributed by atoms with van der Waals surface area (Å²) >= 11 is 0. The van der Waals surface area contributed by atoms with Gasteiger partial charge in [-0.3, -0.25) is 19.2 Å². The zero-order valence-corrected chi connectivity index (χ0v) is 26.6. The maximum Gasteiger partial charge on any atom is 0.409 e. The Morgan fingerprint density at radius 2 is 1.74 bits per heavy atom. The van der Waals surface area contributed by atoms with Crippen molar-refractivity contribution in [3.63, 3.8) is 0 Å². The van der Waals surface area contributed by atoms with Crippen LogP contribution >= 0.6 is 0 Å². The van der Waals surface area contributed by atoms with E-state index in [-0.39, 0.29) is 30.4 Å².